The Morgan fingerprint density at radius 2 is 2.20 bits per heavy atom. The molecule has 1 amide bonds. The lowest BCUT2D eigenvalue weighted by atomic mass is 10.2. The normalized spacial score (nSPS) is 11.6. The number of benzene rings is 1. The molecule has 1 atom stereocenters. The number of nitrogens with one attached hydrogen (secondary N) is 2. The Bertz CT molecular complexity index is 947. The number of nitrogen functional groups attached to an aromatic ring is 1. The van der Waals surface area contributed by atoms with Gasteiger partial charge in [0.05, 0.1) is 11.0 Å². The number of nitrogens with two attached hydrogens (primary N) is 1. The maximum absolute atomic E-state index is 12.3. The van der Waals surface area contributed by atoms with Crippen LogP contribution in [0.3, 0.4) is 0 Å². The Morgan fingerprint density at radius 1 is 1.40 bits per heavy atom. The van der Waals surface area contributed by atoms with Crippen LogP contribution in [-0.4, -0.2) is 26.9 Å². The molecule has 126 valence electrons. The van der Waals surface area contributed by atoms with Crippen molar-refractivity contribution < 1.29 is 4.79 Å². The van der Waals surface area contributed by atoms with Crippen LogP contribution >= 0.6 is 0 Å². The van der Waals surface area contributed by atoms with E-state index >= 15 is 0 Å². The summed E-state index contributed by atoms with van der Waals surface area (Å²) in [6, 6.07) is 9.32. The van der Waals surface area contributed by atoms with Crippen LogP contribution in [0.25, 0.3) is 11.0 Å². The average Bonchev–Trinajstić information content (AvgIpc) is 3.02. The van der Waals surface area contributed by atoms with Crippen molar-refractivity contribution in [1.82, 2.24) is 20.3 Å². The Balaban J connectivity index is 1.60. The van der Waals surface area contributed by atoms with Crippen LogP contribution in [0.1, 0.15) is 35.1 Å². The molecule has 0 aliphatic heterocycles. The number of imidazole rings is 1. The molecule has 3 rings (SSSR count). The number of aryl methyl sites for hydroxylation is 1. The summed E-state index contributed by atoms with van der Waals surface area (Å²) in [7, 11) is 0. The summed E-state index contributed by atoms with van der Waals surface area (Å²) >= 11 is 0. The minimum atomic E-state index is -0.240. The van der Waals surface area contributed by atoms with Crippen molar-refractivity contribution in [2.75, 3.05) is 5.73 Å². The van der Waals surface area contributed by atoms with Gasteiger partial charge in [0, 0.05) is 24.2 Å². The molecule has 2 heterocycles. The van der Waals surface area contributed by atoms with Crippen molar-refractivity contribution in [3.63, 3.8) is 0 Å². The van der Waals surface area contributed by atoms with Crippen molar-refractivity contribution in [2.24, 2.45) is 0 Å². The number of carbonyl (C=O) groups is 1. The number of anilines is 1. The van der Waals surface area contributed by atoms with Gasteiger partial charge >= 0.3 is 0 Å². The summed E-state index contributed by atoms with van der Waals surface area (Å²) in [6.45, 7) is 3.80. The maximum atomic E-state index is 12.3. The average molecular weight is 333 g/mol. The van der Waals surface area contributed by atoms with Gasteiger partial charge in [0.1, 0.15) is 5.82 Å². The van der Waals surface area contributed by atoms with E-state index in [1.54, 1.807) is 6.20 Å². The van der Waals surface area contributed by atoms with E-state index in [2.05, 4.69) is 32.1 Å². The molecule has 0 radical (unpaired) electrons. The van der Waals surface area contributed by atoms with Crippen LogP contribution in [0.4, 0.5) is 5.82 Å². The lowest BCUT2D eigenvalue weighted by Crippen LogP contribution is -2.32. The molecule has 0 aliphatic carbocycles. The minimum Gasteiger partial charge on any atom is -0.383 e. The fourth-order valence-corrected chi connectivity index (χ4v) is 2.36. The number of aromatic amines is 1. The summed E-state index contributed by atoms with van der Waals surface area (Å²) < 4.78 is 0. The fraction of sp³-hybridized carbons (Fsp3) is 0.211. The first-order valence-electron chi connectivity index (χ1n) is 7.99. The zero-order valence-electron chi connectivity index (χ0n) is 14.1. The van der Waals surface area contributed by atoms with Crippen molar-refractivity contribution in [3.8, 4) is 11.8 Å². The molecule has 0 saturated carbocycles. The van der Waals surface area contributed by atoms with Gasteiger partial charge in [-0.2, -0.15) is 0 Å². The van der Waals surface area contributed by atoms with Crippen LogP contribution in [0.15, 0.2) is 36.5 Å². The molecule has 6 nitrogen and oxygen atoms in total. The molecular formula is C19H19N5O. The number of carbonyl (C=O) groups excluding carboxylic acids is 1. The zero-order valence-corrected chi connectivity index (χ0v) is 14.1. The summed E-state index contributed by atoms with van der Waals surface area (Å²) in [5.74, 6) is 6.67. The Morgan fingerprint density at radius 3 is 2.96 bits per heavy atom. The first kappa shape index (κ1) is 16.5. The molecule has 4 N–H and O–H groups in total. The van der Waals surface area contributed by atoms with E-state index < -0.39 is 0 Å². The molecule has 1 aromatic carbocycles. The number of rotatable bonds is 3. The second-order valence-corrected chi connectivity index (χ2v) is 5.91. The zero-order chi connectivity index (χ0) is 17.8. The van der Waals surface area contributed by atoms with Gasteiger partial charge in [0.25, 0.3) is 5.91 Å². The first-order valence-corrected chi connectivity index (χ1v) is 7.99. The minimum absolute atomic E-state index is 0.101. The van der Waals surface area contributed by atoms with E-state index in [0.29, 0.717) is 18.1 Å². The van der Waals surface area contributed by atoms with Crippen molar-refractivity contribution in [1.29, 1.82) is 0 Å². The molecule has 25 heavy (non-hydrogen) atoms. The number of para-hydroxylation sites is 2. The highest BCUT2D eigenvalue weighted by Gasteiger charge is 2.13. The van der Waals surface area contributed by atoms with E-state index in [4.69, 9.17) is 5.73 Å². The number of pyridine rings is 1. The van der Waals surface area contributed by atoms with E-state index in [9.17, 15) is 4.79 Å². The second kappa shape index (κ2) is 7.05. The highest BCUT2D eigenvalue weighted by atomic mass is 16.2. The van der Waals surface area contributed by atoms with Crippen molar-refractivity contribution >= 4 is 22.8 Å². The Kier molecular flexibility index (Phi) is 4.66. The van der Waals surface area contributed by atoms with Gasteiger partial charge in [0.15, 0.2) is 5.82 Å². The van der Waals surface area contributed by atoms with E-state index in [-0.39, 0.29) is 11.9 Å². The standard InChI is InChI=1S/C19H19N5O/c1-12-10-14(11-21-17(12)20)7-5-6-13(2)22-19(25)18-23-15-8-3-4-9-16(15)24-18/h3-4,8-11,13H,6H2,1-2H3,(H2,20,21)(H,22,25)(H,23,24)/t13-/m0/s1. The summed E-state index contributed by atoms with van der Waals surface area (Å²) in [6.07, 6.45) is 2.17. The molecule has 2 aromatic heterocycles. The van der Waals surface area contributed by atoms with Crippen LogP contribution in [-0.2, 0) is 0 Å². The summed E-state index contributed by atoms with van der Waals surface area (Å²) in [5.41, 5.74) is 9.01. The first-order chi connectivity index (χ1) is 12.0. The van der Waals surface area contributed by atoms with Crippen LogP contribution in [0.2, 0.25) is 0 Å². The molecule has 3 aromatic rings. The van der Waals surface area contributed by atoms with Gasteiger partial charge in [-0.3, -0.25) is 4.79 Å². The number of hydrogen-bond acceptors (Lipinski definition) is 4. The Labute approximate surface area is 145 Å². The van der Waals surface area contributed by atoms with E-state index in [1.165, 1.54) is 0 Å². The summed E-state index contributed by atoms with van der Waals surface area (Å²) in [5, 5.41) is 2.89. The molecular weight excluding hydrogens is 314 g/mol. The van der Waals surface area contributed by atoms with Gasteiger partial charge in [-0.05, 0) is 37.6 Å². The second-order valence-electron chi connectivity index (χ2n) is 5.91. The lowest BCUT2D eigenvalue weighted by molar-refractivity contribution is 0.0931. The third-order valence-electron chi connectivity index (χ3n) is 3.74. The van der Waals surface area contributed by atoms with Crippen molar-refractivity contribution in [3.05, 3.63) is 53.5 Å². The SMILES string of the molecule is Cc1cc(C#CC[C@H](C)NC(=O)c2nc3ccccc3[nH]2)cnc1N. The molecule has 0 spiro atoms. The largest absolute Gasteiger partial charge is 0.383 e. The monoisotopic (exact) mass is 333 g/mol. The highest BCUT2D eigenvalue weighted by molar-refractivity contribution is 5.94. The van der Waals surface area contributed by atoms with Gasteiger partial charge in [-0.1, -0.05) is 24.0 Å². The van der Waals surface area contributed by atoms with E-state index in [1.807, 2.05) is 44.2 Å². The smallest absolute Gasteiger partial charge is 0.287 e. The number of hydrogen-bond donors (Lipinski definition) is 3. The molecule has 0 fully saturated rings. The number of H-pyrrole nitrogens is 1. The van der Waals surface area contributed by atoms with Crippen LogP contribution in [0.5, 0.6) is 0 Å². The fourth-order valence-electron chi connectivity index (χ4n) is 2.36. The molecule has 6 heteroatoms. The topological polar surface area (TPSA) is 96.7 Å². The third-order valence-corrected chi connectivity index (χ3v) is 3.74. The molecule has 0 unspecified atom stereocenters. The van der Waals surface area contributed by atoms with Crippen LogP contribution < -0.4 is 11.1 Å². The highest BCUT2D eigenvalue weighted by Crippen LogP contribution is 2.10. The number of aromatic nitrogens is 3. The Hall–Kier alpha value is -3.33. The predicted octanol–water partition coefficient (Wildman–Crippen LogP) is 2.41. The molecule has 0 aliphatic rings. The molecule has 0 bridgehead atoms. The number of fused-ring (bicyclic) bond motifs is 1. The molecule has 0 saturated heterocycles. The van der Waals surface area contributed by atoms with Gasteiger partial charge in [-0.25, -0.2) is 9.97 Å². The lowest BCUT2D eigenvalue weighted by Gasteiger charge is -2.08. The van der Waals surface area contributed by atoms with Gasteiger partial charge in [0.2, 0.25) is 0 Å². The number of nitrogens with zero attached hydrogens (tertiary/aromatic N) is 2. The summed E-state index contributed by atoms with van der Waals surface area (Å²) in [4.78, 5) is 23.6. The van der Waals surface area contributed by atoms with Crippen molar-refractivity contribution in [2.45, 2.75) is 26.3 Å². The predicted molar refractivity (Wildman–Crippen MR) is 97.9 cm³/mol. The number of amides is 1. The van der Waals surface area contributed by atoms with E-state index in [0.717, 1.165) is 22.2 Å². The maximum Gasteiger partial charge on any atom is 0.287 e. The third kappa shape index (κ3) is 3.96. The van der Waals surface area contributed by atoms with Gasteiger partial charge in [-0.15, -0.1) is 0 Å². The van der Waals surface area contributed by atoms with Crippen LogP contribution in [0, 0.1) is 18.8 Å². The van der Waals surface area contributed by atoms with Gasteiger partial charge < -0.3 is 16.0 Å². The quantitative estimate of drug-likeness (QED) is 0.641.